The molecular weight excluding hydrogens is 416 g/mol. The summed E-state index contributed by atoms with van der Waals surface area (Å²) in [5.74, 6) is -0.0774. The molecule has 7 nitrogen and oxygen atoms in total. The van der Waals surface area contributed by atoms with Crippen molar-refractivity contribution >= 4 is 23.3 Å². The molecule has 3 amide bonds. The van der Waals surface area contributed by atoms with Gasteiger partial charge in [-0.1, -0.05) is 66.2 Å². The fraction of sp³-hybridized carbons (Fsp3) is 0.192. The van der Waals surface area contributed by atoms with Gasteiger partial charge in [-0.3, -0.25) is 0 Å². The molecule has 0 spiro atoms. The van der Waals surface area contributed by atoms with Crippen LogP contribution in [0.5, 0.6) is 0 Å². The van der Waals surface area contributed by atoms with E-state index in [-0.39, 0.29) is 12.5 Å². The van der Waals surface area contributed by atoms with Crippen LogP contribution in [-0.2, 0) is 17.8 Å². The summed E-state index contributed by atoms with van der Waals surface area (Å²) in [6.45, 7) is 4.12. The number of allylic oxidation sites excluding steroid dienone is 3. The van der Waals surface area contributed by atoms with Crippen molar-refractivity contribution in [1.29, 1.82) is 0 Å². The van der Waals surface area contributed by atoms with Crippen LogP contribution in [0.15, 0.2) is 77.4 Å². The quantitative estimate of drug-likeness (QED) is 0.548. The molecule has 0 bridgehead atoms. The maximum atomic E-state index is 13.5. The molecular formula is C26H23N4O3+. The molecule has 5 rings (SSSR count). The number of fused-ring (bicyclic) bond motifs is 1. The van der Waals surface area contributed by atoms with E-state index >= 15 is 0 Å². The second-order valence-corrected chi connectivity index (χ2v) is 8.09. The van der Waals surface area contributed by atoms with E-state index in [1.165, 1.54) is 9.48 Å². The van der Waals surface area contributed by atoms with Crippen LogP contribution in [0.25, 0.3) is 11.4 Å². The number of anilines is 1. The third-order valence-electron chi connectivity index (χ3n) is 5.86. The van der Waals surface area contributed by atoms with Gasteiger partial charge in [-0.25, -0.2) is 4.79 Å². The summed E-state index contributed by atoms with van der Waals surface area (Å²) < 4.78 is 7.01. The summed E-state index contributed by atoms with van der Waals surface area (Å²) in [6, 6.07) is 14.9. The Morgan fingerprint density at radius 1 is 1.09 bits per heavy atom. The Labute approximate surface area is 191 Å². The number of amides is 3. The Bertz CT molecular complexity index is 1330. The second kappa shape index (κ2) is 8.43. The van der Waals surface area contributed by atoms with E-state index in [9.17, 15) is 9.59 Å². The molecule has 0 saturated carbocycles. The molecule has 3 aromatic rings. The maximum Gasteiger partial charge on any atom is 0.506 e. The van der Waals surface area contributed by atoms with Crippen LogP contribution in [0.1, 0.15) is 23.9 Å². The zero-order chi connectivity index (χ0) is 22.9. The molecule has 1 aromatic heterocycles. The van der Waals surface area contributed by atoms with E-state index in [4.69, 9.17) is 4.52 Å². The minimum Gasteiger partial charge on any atom is -0.335 e. The average Bonchev–Trinajstić information content (AvgIpc) is 3.31. The summed E-state index contributed by atoms with van der Waals surface area (Å²) in [7, 11) is 0. The molecule has 1 atom stereocenters. The third-order valence-corrected chi connectivity index (χ3v) is 5.86. The average molecular weight is 439 g/mol. The molecule has 2 aliphatic rings. The van der Waals surface area contributed by atoms with E-state index in [0.29, 0.717) is 23.1 Å². The van der Waals surface area contributed by atoms with Gasteiger partial charge in [0.2, 0.25) is 5.82 Å². The highest BCUT2D eigenvalue weighted by Crippen LogP contribution is 2.27. The molecule has 0 saturated heterocycles. The molecule has 0 radical (unpaired) electrons. The van der Waals surface area contributed by atoms with Crippen molar-refractivity contribution in [1.82, 2.24) is 10.1 Å². The second-order valence-electron chi connectivity index (χ2n) is 8.09. The van der Waals surface area contributed by atoms with Gasteiger partial charge in [0.15, 0.2) is 6.54 Å². The van der Waals surface area contributed by atoms with Crippen LogP contribution in [0.2, 0.25) is 0 Å². The SMILES string of the molecule is CCc1ccc(N2C(=O)C3C=CC=CC3=[N+](Cc3nc(-c4cccc(C)c4)no3)C2=O)cc1. The lowest BCUT2D eigenvalue weighted by atomic mass is 9.94. The Balaban J connectivity index is 1.51. The Kier molecular flexibility index (Phi) is 5.30. The third kappa shape index (κ3) is 3.82. The summed E-state index contributed by atoms with van der Waals surface area (Å²) in [6.07, 6.45) is 8.10. The maximum absolute atomic E-state index is 13.5. The highest BCUT2D eigenvalue weighted by atomic mass is 16.5. The van der Waals surface area contributed by atoms with Crippen molar-refractivity contribution in [3.8, 4) is 11.4 Å². The monoisotopic (exact) mass is 439 g/mol. The van der Waals surface area contributed by atoms with Gasteiger partial charge in [0.25, 0.3) is 5.89 Å². The van der Waals surface area contributed by atoms with Gasteiger partial charge in [0.05, 0.1) is 0 Å². The molecule has 1 aliphatic heterocycles. The topological polar surface area (TPSA) is 79.3 Å². The molecule has 7 heteroatoms. The van der Waals surface area contributed by atoms with E-state index in [2.05, 4.69) is 17.1 Å². The van der Waals surface area contributed by atoms with Gasteiger partial charge in [-0.2, -0.15) is 14.4 Å². The fourth-order valence-corrected chi connectivity index (χ4v) is 4.10. The largest absolute Gasteiger partial charge is 0.506 e. The molecule has 2 aromatic carbocycles. The predicted octanol–water partition coefficient (Wildman–Crippen LogP) is 4.47. The van der Waals surface area contributed by atoms with Gasteiger partial charge >= 0.3 is 11.9 Å². The first-order valence-electron chi connectivity index (χ1n) is 10.9. The number of rotatable bonds is 5. The van der Waals surface area contributed by atoms with Crippen LogP contribution in [0, 0.1) is 12.8 Å². The zero-order valence-corrected chi connectivity index (χ0v) is 18.4. The van der Waals surface area contributed by atoms with E-state index in [1.54, 1.807) is 12.2 Å². The van der Waals surface area contributed by atoms with Gasteiger partial charge < -0.3 is 4.52 Å². The van der Waals surface area contributed by atoms with Crippen molar-refractivity contribution in [2.45, 2.75) is 26.8 Å². The Hall–Kier alpha value is -4.13. The molecule has 0 fully saturated rings. The molecule has 1 aliphatic carbocycles. The number of nitrogens with zero attached hydrogens (tertiary/aromatic N) is 4. The predicted molar refractivity (Wildman–Crippen MR) is 124 cm³/mol. The highest BCUT2D eigenvalue weighted by Gasteiger charge is 2.48. The van der Waals surface area contributed by atoms with Crippen LogP contribution < -0.4 is 4.90 Å². The minimum atomic E-state index is -0.558. The number of urea groups is 1. The lowest BCUT2D eigenvalue weighted by Crippen LogP contribution is -2.54. The van der Waals surface area contributed by atoms with Gasteiger partial charge in [-0.15, -0.1) is 4.90 Å². The molecule has 33 heavy (non-hydrogen) atoms. The summed E-state index contributed by atoms with van der Waals surface area (Å²) in [5.41, 5.74) is 4.21. The number of imide groups is 1. The number of carbonyl (C=O) groups is 2. The first-order chi connectivity index (χ1) is 16.0. The van der Waals surface area contributed by atoms with Gasteiger partial charge in [-0.05, 0) is 43.2 Å². The van der Waals surface area contributed by atoms with E-state index in [0.717, 1.165) is 23.1 Å². The standard InChI is InChI=1S/C26H23N4O3/c1-3-18-11-13-20(14-12-18)30-25(31)21-9-4-5-10-22(21)29(26(30)32)16-23-27-24(28-33-23)19-8-6-7-17(2)15-19/h4-15,21H,3,16H2,1-2H3/q+1. The summed E-state index contributed by atoms with van der Waals surface area (Å²) >= 11 is 0. The first-order valence-corrected chi connectivity index (χ1v) is 10.9. The fourth-order valence-electron chi connectivity index (χ4n) is 4.10. The van der Waals surface area contributed by atoms with Crippen molar-refractivity contribution in [2.24, 2.45) is 5.92 Å². The van der Waals surface area contributed by atoms with Crippen molar-refractivity contribution in [3.63, 3.8) is 0 Å². The lowest BCUT2D eigenvalue weighted by molar-refractivity contribution is -0.449. The normalized spacial score (nSPS) is 17.6. The Morgan fingerprint density at radius 3 is 2.67 bits per heavy atom. The molecule has 164 valence electrons. The summed E-state index contributed by atoms with van der Waals surface area (Å²) in [5, 5.41) is 4.09. The van der Waals surface area contributed by atoms with Crippen LogP contribution in [0.3, 0.4) is 0 Å². The smallest absolute Gasteiger partial charge is 0.335 e. The lowest BCUT2D eigenvalue weighted by Gasteiger charge is -2.26. The minimum absolute atomic E-state index is 0.0679. The number of hydrogen-bond donors (Lipinski definition) is 0. The summed E-state index contributed by atoms with van der Waals surface area (Å²) in [4.78, 5) is 32.5. The first kappa shape index (κ1) is 20.8. The van der Waals surface area contributed by atoms with Gasteiger partial charge in [0.1, 0.15) is 17.3 Å². The molecule has 2 heterocycles. The van der Waals surface area contributed by atoms with Crippen molar-refractivity contribution in [2.75, 3.05) is 4.90 Å². The van der Waals surface area contributed by atoms with Crippen LogP contribution in [-0.4, -0.2) is 32.4 Å². The number of carbonyl (C=O) groups excluding carboxylic acids is 2. The molecule has 0 N–H and O–H groups in total. The van der Waals surface area contributed by atoms with Crippen LogP contribution >= 0.6 is 0 Å². The van der Waals surface area contributed by atoms with Crippen molar-refractivity contribution in [3.05, 3.63) is 89.9 Å². The molecule has 1 unspecified atom stereocenters. The zero-order valence-electron chi connectivity index (χ0n) is 18.4. The highest BCUT2D eigenvalue weighted by molar-refractivity contribution is 6.25. The van der Waals surface area contributed by atoms with Crippen LogP contribution in [0.4, 0.5) is 10.5 Å². The van der Waals surface area contributed by atoms with Gasteiger partial charge in [0, 0.05) is 5.56 Å². The van der Waals surface area contributed by atoms with E-state index in [1.807, 2.05) is 67.6 Å². The van der Waals surface area contributed by atoms with E-state index < -0.39 is 11.9 Å². The number of hydrogen-bond acceptors (Lipinski definition) is 5. The number of benzene rings is 2. The van der Waals surface area contributed by atoms with Crippen molar-refractivity contribution < 1.29 is 18.7 Å². The number of aromatic nitrogens is 2. The number of aryl methyl sites for hydroxylation is 2. The Morgan fingerprint density at radius 2 is 1.91 bits per heavy atom.